The van der Waals surface area contributed by atoms with E-state index in [0.717, 1.165) is 65.2 Å². The molecule has 1 fully saturated rings. The molecule has 0 saturated carbocycles. The molecule has 5 rings (SSSR count). The average molecular weight is 520 g/mol. The summed E-state index contributed by atoms with van der Waals surface area (Å²) in [5.74, 6) is 0.553. The second-order valence-electron chi connectivity index (χ2n) is 9.90. The van der Waals surface area contributed by atoms with Crippen LogP contribution in [0.15, 0.2) is 46.1 Å². The van der Waals surface area contributed by atoms with E-state index in [1.165, 1.54) is 6.07 Å². The number of nitrogens with zero attached hydrogens (tertiary/aromatic N) is 3. The van der Waals surface area contributed by atoms with Gasteiger partial charge in [-0.05, 0) is 56.6 Å². The third-order valence-corrected chi connectivity index (χ3v) is 8.43. The van der Waals surface area contributed by atoms with E-state index in [9.17, 15) is 14.4 Å². The first-order chi connectivity index (χ1) is 17.9. The number of piperidine rings is 1. The van der Waals surface area contributed by atoms with E-state index < -0.39 is 0 Å². The van der Waals surface area contributed by atoms with Gasteiger partial charge in [-0.1, -0.05) is 12.1 Å². The molecule has 2 aliphatic heterocycles. The molecule has 194 valence electrons. The summed E-state index contributed by atoms with van der Waals surface area (Å²) in [5, 5.41) is 7.07. The molecule has 0 unspecified atom stereocenters. The number of ketones is 1. The maximum atomic E-state index is 13.0. The Hall–Kier alpha value is -3.01. The van der Waals surface area contributed by atoms with Gasteiger partial charge in [0.2, 0.25) is 0 Å². The summed E-state index contributed by atoms with van der Waals surface area (Å²) in [6, 6.07) is 11.9. The minimum atomic E-state index is -0.245. The topological polar surface area (TPSA) is 96.3 Å². The van der Waals surface area contributed by atoms with Gasteiger partial charge >= 0.3 is 0 Å². The summed E-state index contributed by atoms with van der Waals surface area (Å²) in [7, 11) is 1.58. The highest BCUT2D eigenvalue weighted by Crippen LogP contribution is 2.27. The molecule has 0 radical (unpaired) electrons. The molecular formula is C28H33N5O3S. The first-order valence-electron chi connectivity index (χ1n) is 12.9. The molecule has 0 spiro atoms. The highest BCUT2D eigenvalue weighted by Gasteiger charge is 2.21. The summed E-state index contributed by atoms with van der Waals surface area (Å²) < 4.78 is 1.80. The van der Waals surface area contributed by atoms with Gasteiger partial charge in [0.1, 0.15) is 5.78 Å². The molecule has 0 bridgehead atoms. The number of likely N-dealkylation sites (tertiary alicyclic amines) is 1. The molecule has 8 nitrogen and oxygen atoms in total. The van der Waals surface area contributed by atoms with Crippen LogP contribution in [0.5, 0.6) is 0 Å². The molecule has 2 aromatic heterocycles. The Morgan fingerprint density at radius 3 is 2.70 bits per heavy atom. The third kappa shape index (κ3) is 5.79. The first kappa shape index (κ1) is 25.6. The third-order valence-electron chi connectivity index (χ3n) is 7.28. The number of Topliss-reactive ketones (excluding diaryl/α,β-unsaturated/α-hetero) is 1. The van der Waals surface area contributed by atoms with Crippen molar-refractivity contribution in [3.8, 4) is 0 Å². The number of fused-ring (bicyclic) bond motifs is 2. The predicted molar refractivity (Wildman–Crippen MR) is 146 cm³/mol. The Morgan fingerprint density at radius 2 is 1.92 bits per heavy atom. The molecule has 1 aromatic carbocycles. The van der Waals surface area contributed by atoms with Crippen LogP contribution in [0.2, 0.25) is 0 Å². The van der Waals surface area contributed by atoms with Crippen molar-refractivity contribution >= 4 is 34.4 Å². The van der Waals surface area contributed by atoms with Crippen molar-refractivity contribution in [3.63, 3.8) is 0 Å². The Bertz CT molecular complexity index is 1390. The average Bonchev–Trinajstić information content (AvgIpc) is 2.90. The number of benzene rings is 1. The van der Waals surface area contributed by atoms with Crippen molar-refractivity contribution in [3.05, 3.63) is 69.3 Å². The fourth-order valence-corrected chi connectivity index (χ4v) is 6.05. The van der Waals surface area contributed by atoms with Crippen molar-refractivity contribution in [2.24, 2.45) is 0 Å². The minimum Gasteiger partial charge on any atom is -0.355 e. The van der Waals surface area contributed by atoms with E-state index in [1.807, 2.05) is 25.1 Å². The van der Waals surface area contributed by atoms with Crippen LogP contribution in [0, 0.1) is 6.92 Å². The number of hydrogen-bond donors (Lipinski definition) is 2. The number of rotatable bonds is 7. The summed E-state index contributed by atoms with van der Waals surface area (Å²) in [6.07, 6.45) is 2.51. The highest BCUT2D eigenvalue weighted by atomic mass is 32.2. The van der Waals surface area contributed by atoms with Crippen LogP contribution in [0.3, 0.4) is 0 Å². The number of nitrogens with one attached hydrogen (secondary N) is 2. The molecule has 3 aromatic rings. The normalized spacial score (nSPS) is 16.6. The number of aryl methyl sites for hydroxylation is 1. The van der Waals surface area contributed by atoms with Gasteiger partial charge in [0.15, 0.2) is 0 Å². The van der Waals surface area contributed by atoms with E-state index in [4.69, 9.17) is 4.98 Å². The first-order valence-corrected chi connectivity index (χ1v) is 13.8. The van der Waals surface area contributed by atoms with Gasteiger partial charge in [0, 0.05) is 49.1 Å². The second-order valence-corrected chi connectivity index (χ2v) is 10.9. The number of carbonyl (C=O) groups is 2. The molecule has 2 N–H and O–H groups in total. The summed E-state index contributed by atoms with van der Waals surface area (Å²) in [4.78, 5) is 45.3. The van der Waals surface area contributed by atoms with Gasteiger partial charge in [-0.2, -0.15) is 0 Å². The number of thioether (sulfide) groups is 1. The maximum Gasteiger partial charge on any atom is 0.251 e. The van der Waals surface area contributed by atoms with Gasteiger partial charge < -0.3 is 20.1 Å². The monoisotopic (exact) mass is 519 g/mol. The van der Waals surface area contributed by atoms with Crippen LogP contribution in [0.25, 0.3) is 10.9 Å². The zero-order valence-electron chi connectivity index (χ0n) is 21.4. The van der Waals surface area contributed by atoms with Gasteiger partial charge in [0.05, 0.1) is 34.6 Å². The molecule has 37 heavy (non-hydrogen) atoms. The smallest absolute Gasteiger partial charge is 0.251 e. The zero-order valence-corrected chi connectivity index (χ0v) is 22.2. The maximum absolute atomic E-state index is 13.0. The molecule has 4 heterocycles. The van der Waals surface area contributed by atoms with Crippen LogP contribution in [-0.2, 0) is 24.3 Å². The van der Waals surface area contributed by atoms with Gasteiger partial charge in [-0.25, -0.2) is 0 Å². The Balaban J connectivity index is 1.17. The minimum absolute atomic E-state index is 0.147. The van der Waals surface area contributed by atoms with E-state index in [1.54, 1.807) is 23.4 Å². The zero-order chi connectivity index (χ0) is 25.9. The molecule has 9 heteroatoms. The van der Waals surface area contributed by atoms with Crippen LogP contribution < -0.4 is 16.2 Å². The highest BCUT2D eigenvalue weighted by molar-refractivity contribution is 8.00. The van der Waals surface area contributed by atoms with E-state index >= 15 is 0 Å². The molecule has 0 aliphatic carbocycles. The SMILES string of the molecule is CNC(=O)c1cc(=O)n(CCN2CCC(NCc3ccc4c(n3)CC(=O)CS4)CC2)c2cc(C)ccc12. The van der Waals surface area contributed by atoms with Gasteiger partial charge in [-0.15, -0.1) is 11.8 Å². The van der Waals surface area contributed by atoms with Crippen molar-refractivity contribution in [2.45, 2.75) is 50.2 Å². The lowest BCUT2D eigenvalue weighted by atomic mass is 10.0. The van der Waals surface area contributed by atoms with Crippen LogP contribution in [0.4, 0.5) is 0 Å². The summed E-state index contributed by atoms with van der Waals surface area (Å²) >= 11 is 1.58. The van der Waals surface area contributed by atoms with E-state index in [-0.39, 0.29) is 17.2 Å². The molecular weight excluding hydrogens is 486 g/mol. The van der Waals surface area contributed by atoms with E-state index in [0.29, 0.717) is 36.9 Å². The Kier molecular flexibility index (Phi) is 7.73. The largest absolute Gasteiger partial charge is 0.355 e. The lowest BCUT2D eigenvalue weighted by Gasteiger charge is -2.32. The van der Waals surface area contributed by atoms with Crippen LogP contribution in [-0.4, -0.2) is 64.6 Å². The quantitative estimate of drug-likeness (QED) is 0.495. The lowest BCUT2D eigenvalue weighted by molar-refractivity contribution is -0.116. The fraction of sp³-hybridized carbons (Fsp3) is 0.429. The molecule has 0 atom stereocenters. The van der Waals surface area contributed by atoms with Crippen molar-refractivity contribution < 1.29 is 9.59 Å². The number of amides is 1. The van der Waals surface area contributed by atoms with Gasteiger partial charge in [0.25, 0.3) is 11.5 Å². The molecule has 1 saturated heterocycles. The van der Waals surface area contributed by atoms with Crippen LogP contribution >= 0.6 is 11.8 Å². The van der Waals surface area contributed by atoms with Gasteiger partial charge in [-0.3, -0.25) is 19.4 Å². The summed E-state index contributed by atoms with van der Waals surface area (Å²) in [5.41, 5.74) is 4.03. The standard InChI is InChI=1S/C28H33N5O3S/c1-18-3-5-22-23(28(36)29-2)15-27(35)33(25(22)13-18)12-11-32-9-7-19(8-10-32)30-16-20-4-6-26-24(31-20)14-21(34)17-37-26/h3-6,13,15,19,30H,7-12,14,16-17H2,1-2H3,(H,29,36). The van der Waals surface area contributed by atoms with Crippen molar-refractivity contribution in [1.29, 1.82) is 0 Å². The summed E-state index contributed by atoms with van der Waals surface area (Å²) in [6.45, 7) is 5.99. The number of aromatic nitrogens is 2. The Morgan fingerprint density at radius 1 is 1.11 bits per heavy atom. The second kappa shape index (κ2) is 11.2. The Labute approximate surface area is 220 Å². The number of hydrogen-bond acceptors (Lipinski definition) is 7. The van der Waals surface area contributed by atoms with E-state index in [2.05, 4.69) is 27.7 Å². The predicted octanol–water partition coefficient (Wildman–Crippen LogP) is 2.54. The lowest BCUT2D eigenvalue weighted by Crippen LogP contribution is -2.43. The number of carbonyl (C=O) groups excluding carboxylic acids is 2. The number of pyridine rings is 2. The molecule has 1 amide bonds. The fourth-order valence-electron chi connectivity index (χ4n) is 5.18. The van der Waals surface area contributed by atoms with Crippen molar-refractivity contribution in [2.75, 3.05) is 32.4 Å². The van der Waals surface area contributed by atoms with Crippen molar-refractivity contribution in [1.82, 2.24) is 25.1 Å². The molecule has 2 aliphatic rings. The van der Waals surface area contributed by atoms with Crippen LogP contribution in [0.1, 0.15) is 40.2 Å².